The van der Waals surface area contributed by atoms with Crippen molar-refractivity contribution in [2.45, 2.75) is 76.2 Å². The van der Waals surface area contributed by atoms with Crippen LogP contribution in [-0.4, -0.2) is 15.3 Å². The van der Waals surface area contributed by atoms with Gasteiger partial charge in [-0.25, -0.2) is 0 Å². The Morgan fingerprint density at radius 3 is 2.13 bits per heavy atom. The normalized spacial score (nSPS) is 12.4. The molecule has 0 saturated carbocycles. The third-order valence-electron chi connectivity index (χ3n) is 5.17. The number of aromatic hydroxyl groups is 1. The second-order valence-electron chi connectivity index (χ2n) is 9.88. The molecule has 0 bridgehead atoms. The first-order valence-corrected chi connectivity index (χ1v) is 11.9. The van der Waals surface area contributed by atoms with Crippen molar-refractivity contribution in [2.24, 2.45) is 0 Å². The molecule has 3 aromatic rings. The smallest absolute Gasteiger partial charge is 0.276 e. The molecular weight excluding hydrogens is 428 g/mol. The molecule has 3 rings (SSSR count). The molecule has 0 radical (unpaired) electrons. The fourth-order valence-corrected chi connectivity index (χ4v) is 4.45. The zero-order chi connectivity index (χ0) is 22.8. The van der Waals surface area contributed by atoms with Gasteiger partial charge >= 0.3 is 0 Å². The van der Waals surface area contributed by atoms with Gasteiger partial charge in [0.25, 0.3) is 5.22 Å². The molecule has 4 nitrogen and oxygen atoms in total. The maximum Gasteiger partial charge on any atom is 0.276 e. The van der Waals surface area contributed by atoms with Gasteiger partial charge < -0.3 is 9.52 Å². The fraction of sp³-hybridized carbons (Fsp3) is 0.440. The first-order chi connectivity index (χ1) is 14.4. The molecule has 0 unspecified atom stereocenters. The zero-order valence-electron chi connectivity index (χ0n) is 19.1. The summed E-state index contributed by atoms with van der Waals surface area (Å²) in [6.07, 6.45) is 1.42. The van der Waals surface area contributed by atoms with Crippen molar-refractivity contribution in [2.75, 3.05) is 0 Å². The molecule has 2 aromatic carbocycles. The molecule has 0 atom stereocenters. The first-order valence-electron chi connectivity index (χ1n) is 10.5. The highest BCUT2D eigenvalue weighted by Gasteiger charge is 2.26. The number of phenolic OH excluding ortho intramolecular Hbond substituents is 1. The van der Waals surface area contributed by atoms with Crippen molar-refractivity contribution in [1.29, 1.82) is 0 Å². The minimum absolute atomic E-state index is 0.146. The van der Waals surface area contributed by atoms with E-state index >= 15 is 0 Å². The van der Waals surface area contributed by atoms with Crippen molar-refractivity contribution in [3.63, 3.8) is 0 Å². The number of nitrogens with zero attached hydrogens (tertiary/aromatic N) is 2. The van der Waals surface area contributed by atoms with Gasteiger partial charge in [0, 0.05) is 17.2 Å². The Balaban J connectivity index is 1.72. The summed E-state index contributed by atoms with van der Waals surface area (Å²) in [7, 11) is 0. The van der Waals surface area contributed by atoms with Crippen LogP contribution in [0.25, 0.3) is 0 Å². The van der Waals surface area contributed by atoms with Crippen LogP contribution >= 0.6 is 23.4 Å². The Labute approximate surface area is 194 Å². The molecule has 0 saturated heterocycles. The molecule has 0 aliphatic heterocycles. The Morgan fingerprint density at radius 1 is 0.935 bits per heavy atom. The van der Waals surface area contributed by atoms with Crippen LogP contribution in [0.4, 0.5) is 0 Å². The summed E-state index contributed by atoms with van der Waals surface area (Å²) >= 11 is 7.70. The van der Waals surface area contributed by atoms with Gasteiger partial charge in [-0.15, -0.1) is 10.2 Å². The lowest BCUT2D eigenvalue weighted by molar-refractivity contribution is 0.412. The van der Waals surface area contributed by atoms with Crippen molar-refractivity contribution < 1.29 is 9.52 Å². The summed E-state index contributed by atoms with van der Waals surface area (Å²) in [5.74, 6) is 1.70. The van der Waals surface area contributed by atoms with Crippen LogP contribution in [0.1, 0.15) is 69.7 Å². The van der Waals surface area contributed by atoms with Crippen LogP contribution in [0.2, 0.25) is 5.02 Å². The van der Waals surface area contributed by atoms with E-state index < -0.39 is 0 Å². The summed E-state index contributed by atoms with van der Waals surface area (Å²) in [5, 5.41) is 20.6. The summed E-state index contributed by atoms with van der Waals surface area (Å²) < 4.78 is 5.83. The van der Waals surface area contributed by atoms with Crippen molar-refractivity contribution in [3.05, 3.63) is 69.6 Å². The van der Waals surface area contributed by atoms with Gasteiger partial charge in [0.1, 0.15) is 5.75 Å². The Kier molecular flexibility index (Phi) is 7.07. The van der Waals surface area contributed by atoms with Gasteiger partial charge in [-0.3, -0.25) is 0 Å². The Morgan fingerprint density at radius 2 is 1.55 bits per heavy atom. The van der Waals surface area contributed by atoms with Gasteiger partial charge in [-0.05, 0) is 45.6 Å². The molecule has 0 spiro atoms. The molecule has 31 heavy (non-hydrogen) atoms. The highest BCUT2D eigenvalue weighted by Crippen LogP contribution is 2.40. The maximum atomic E-state index is 10.9. The van der Waals surface area contributed by atoms with Crippen LogP contribution < -0.4 is 0 Å². The van der Waals surface area contributed by atoms with Gasteiger partial charge in [0.2, 0.25) is 5.89 Å². The third kappa shape index (κ3) is 6.05. The van der Waals surface area contributed by atoms with E-state index in [9.17, 15) is 5.11 Å². The van der Waals surface area contributed by atoms with Crippen molar-refractivity contribution >= 4 is 23.4 Å². The number of aryl methyl sites for hydroxylation is 2. The average molecular weight is 459 g/mol. The molecular formula is C25H31ClN2O2S. The molecule has 0 fully saturated rings. The quantitative estimate of drug-likeness (QED) is 0.399. The van der Waals surface area contributed by atoms with E-state index in [2.05, 4.69) is 63.9 Å². The first kappa shape index (κ1) is 23.7. The Hall–Kier alpha value is -1.98. The third-order valence-corrected chi connectivity index (χ3v) is 6.41. The van der Waals surface area contributed by atoms with Gasteiger partial charge in [0.05, 0.1) is 0 Å². The standard InChI is InChI=1S/C25H31ClN2O2S/c1-24(2,3)18-13-16(14-19(22(18)29)25(4,5)6)11-12-21-27-28-23(30-21)31-15-17-9-7-8-10-20(17)26/h7-10,13-14,29H,11-12,15H2,1-6H3. The lowest BCUT2D eigenvalue weighted by atomic mass is 9.78. The largest absolute Gasteiger partial charge is 0.507 e. The maximum absolute atomic E-state index is 10.9. The Bertz CT molecular complexity index is 1010. The molecule has 0 aliphatic carbocycles. The zero-order valence-corrected chi connectivity index (χ0v) is 20.7. The highest BCUT2D eigenvalue weighted by atomic mass is 35.5. The van der Waals surface area contributed by atoms with Crippen molar-refractivity contribution in [1.82, 2.24) is 10.2 Å². The highest BCUT2D eigenvalue weighted by molar-refractivity contribution is 7.98. The van der Waals surface area contributed by atoms with E-state index in [4.69, 9.17) is 16.0 Å². The molecule has 6 heteroatoms. The predicted molar refractivity (Wildman–Crippen MR) is 128 cm³/mol. The number of phenols is 1. The van der Waals surface area contributed by atoms with E-state index in [1.54, 1.807) is 0 Å². The second-order valence-corrected chi connectivity index (χ2v) is 11.2. The number of thioether (sulfide) groups is 1. The number of halogens is 1. The lowest BCUT2D eigenvalue weighted by Gasteiger charge is -2.28. The number of hydrogen-bond donors (Lipinski definition) is 1. The molecule has 166 valence electrons. The summed E-state index contributed by atoms with van der Waals surface area (Å²) in [6.45, 7) is 12.7. The summed E-state index contributed by atoms with van der Waals surface area (Å²) in [4.78, 5) is 0. The average Bonchev–Trinajstić information content (AvgIpc) is 3.12. The van der Waals surface area contributed by atoms with Crippen LogP contribution in [-0.2, 0) is 29.4 Å². The van der Waals surface area contributed by atoms with E-state index in [0.29, 0.717) is 29.0 Å². The van der Waals surface area contributed by atoms with Crippen LogP contribution in [0.3, 0.4) is 0 Å². The van der Waals surface area contributed by atoms with Gasteiger partial charge in [-0.2, -0.15) is 0 Å². The van der Waals surface area contributed by atoms with E-state index in [0.717, 1.165) is 33.7 Å². The molecule has 0 amide bonds. The number of rotatable bonds is 6. The number of hydrogen-bond acceptors (Lipinski definition) is 5. The van der Waals surface area contributed by atoms with Crippen LogP contribution in [0.5, 0.6) is 5.75 Å². The minimum atomic E-state index is -0.146. The van der Waals surface area contributed by atoms with Gasteiger partial charge in [-0.1, -0.05) is 95.2 Å². The van der Waals surface area contributed by atoms with Crippen molar-refractivity contribution in [3.8, 4) is 5.75 Å². The van der Waals surface area contributed by atoms with E-state index in [-0.39, 0.29) is 10.8 Å². The molecule has 1 heterocycles. The fourth-order valence-electron chi connectivity index (χ4n) is 3.39. The molecule has 0 aliphatic rings. The summed E-state index contributed by atoms with van der Waals surface area (Å²) in [5.41, 5.74) is 3.85. The number of benzene rings is 2. The molecule has 1 N–H and O–H groups in total. The van der Waals surface area contributed by atoms with E-state index in [1.165, 1.54) is 11.8 Å². The molecule has 1 aromatic heterocycles. The van der Waals surface area contributed by atoms with Crippen LogP contribution in [0.15, 0.2) is 46.0 Å². The monoisotopic (exact) mass is 458 g/mol. The SMILES string of the molecule is CC(C)(C)c1cc(CCc2nnc(SCc3ccccc3Cl)o2)cc(C(C)(C)C)c1O. The van der Waals surface area contributed by atoms with Crippen LogP contribution in [0, 0.1) is 0 Å². The predicted octanol–water partition coefficient (Wildman–Crippen LogP) is 7.10. The van der Waals surface area contributed by atoms with E-state index in [1.807, 2.05) is 24.3 Å². The lowest BCUT2D eigenvalue weighted by Crippen LogP contribution is -2.18. The minimum Gasteiger partial charge on any atom is -0.507 e. The van der Waals surface area contributed by atoms with Gasteiger partial charge in [0.15, 0.2) is 0 Å². The summed E-state index contributed by atoms with van der Waals surface area (Å²) in [6, 6.07) is 12.0. The second kappa shape index (κ2) is 9.25. The number of aromatic nitrogens is 2. The topological polar surface area (TPSA) is 59.2 Å².